The van der Waals surface area contributed by atoms with E-state index in [1.807, 2.05) is 24.3 Å². The predicted molar refractivity (Wildman–Crippen MR) is 159 cm³/mol. The van der Waals surface area contributed by atoms with E-state index in [1.54, 1.807) is 23.9 Å². The van der Waals surface area contributed by atoms with Gasteiger partial charge in [-0.05, 0) is 48.6 Å². The molecule has 0 atom stereocenters. The molecule has 0 aliphatic carbocycles. The fourth-order valence-electron chi connectivity index (χ4n) is 4.66. The lowest BCUT2D eigenvalue weighted by molar-refractivity contribution is 0.102. The minimum absolute atomic E-state index is 0.207. The van der Waals surface area contributed by atoms with Crippen molar-refractivity contribution >= 4 is 23.4 Å². The fraction of sp³-hybridized carbons (Fsp3) is 0.531. The molecular formula is C32H45FN2O2S. The van der Waals surface area contributed by atoms with Crippen molar-refractivity contribution in [2.24, 2.45) is 0 Å². The molecule has 0 radical (unpaired) electrons. The summed E-state index contributed by atoms with van der Waals surface area (Å²) in [6.07, 6.45) is 15.3. The molecule has 38 heavy (non-hydrogen) atoms. The molecule has 0 spiro atoms. The lowest BCUT2D eigenvalue weighted by Gasteiger charge is -2.21. The standard InChI is InChI=1S/C32H45FN2O2S/c1-3-4-5-6-7-8-9-10-11-12-13-16-21-37-31-20-19-27(22-29(31)33)32(36)34-30-18-15-14-17-28(30)23-35-25-38-24-26(35)2/h14-15,17-20,22,24H,3-13,16,21,23,25H2,1-2H3,(H,34,36). The molecule has 0 fully saturated rings. The number of rotatable bonds is 18. The first kappa shape index (κ1) is 30.1. The first-order valence-corrected chi connectivity index (χ1v) is 15.5. The zero-order valence-corrected chi connectivity index (χ0v) is 24.1. The lowest BCUT2D eigenvalue weighted by Crippen LogP contribution is -2.19. The highest BCUT2D eigenvalue weighted by Crippen LogP contribution is 2.27. The van der Waals surface area contributed by atoms with Crippen molar-refractivity contribution in [2.45, 2.75) is 97.4 Å². The van der Waals surface area contributed by atoms with Crippen molar-refractivity contribution in [1.82, 2.24) is 4.90 Å². The Morgan fingerprint density at radius 3 is 2.24 bits per heavy atom. The number of allylic oxidation sites excluding steroid dienone is 1. The quantitative estimate of drug-likeness (QED) is 0.191. The molecule has 1 aliphatic heterocycles. The molecule has 0 saturated carbocycles. The van der Waals surface area contributed by atoms with E-state index in [0.29, 0.717) is 13.2 Å². The first-order chi connectivity index (χ1) is 18.6. The highest BCUT2D eigenvalue weighted by atomic mass is 32.2. The molecule has 0 unspecified atom stereocenters. The number of amides is 1. The monoisotopic (exact) mass is 540 g/mol. The van der Waals surface area contributed by atoms with Gasteiger partial charge in [-0.2, -0.15) is 0 Å². The van der Waals surface area contributed by atoms with Crippen molar-refractivity contribution in [2.75, 3.05) is 17.8 Å². The second kappa shape index (κ2) is 17.2. The maximum atomic E-state index is 14.7. The molecule has 0 bridgehead atoms. The number of unbranched alkanes of at least 4 members (excludes halogenated alkanes) is 11. The number of nitrogens with one attached hydrogen (secondary N) is 1. The van der Waals surface area contributed by atoms with Gasteiger partial charge in [0.1, 0.15) is 0 Å². The number of carbonyl (C=O) groups is 1. The number of para-hydroxylation sites is 1. The van der Waals surface area contributed by atoms with E-state index in [2.05, 4.69) is 29.5 Å². The molecular weight excluding hydrogens is 495 g/mol. The van der Waals surface area contributed by atoms with Gasteiger partial charge in [-0.25, -0.2) is 4.39 Å². The molecule has 1 aliphatic rings. The van der Waals surface area contributed by atoms with Crippen molar-refractivity contribution in [3.63, 3.8) is 0 Å². The van der Waals surface area contributed by atoms with Gasteiger partial charge in [-0.3, -0.25) is 4.79 Å². The number of hydrogen-bond acceptors (Lipinski definition) is 4. The van der Waals surface area contributed by atoms with Crippen LogP contribution in [-0.4, -0.2) is 23.3 Å². The molecule has 1 amide bonds. The van der Waals surface area contributed by atoms with Crippen LogP contribution in [0.4, 0.5) is 10.1 Å². The Morgan fingerprint density at radius 1 is 0.947 bits per heavy atom. The Kier molecular flexibility index (Phi) is 13.6. The van der Waals surface area contributed by atoms with Gasteiger partial charge < -0.3 is 15.0 Å². The van der Waals surface area contributed by atoms with Crippen LogP contribution < -0.4 is 10.1 Å². The van der Waals surface area contributed by atoms with Crippen LogP contribution in [-0.2, 0) is 6.54 Å². The number of ether oxygens (including phenoxy) is 1. The Hall–Kier alpha value is -2.47. The summed E-state index contributed by atoms with van der Waals surface area (Å²) in [6.45, 7) is 5.56. The van der Waals surface area contributed by atoms with E-state index < -0.39 is 5.82 Å². The molecule has 4 nitrogen and oxygen atoms in total. The van der Waals surface area contributed by atoms with Gasteiger partial charge in [0.05, 0.1) is 12.5 Å². The van der Waals surface area contributed by atoms with Gasteiger partial charge in [-0.15, -0.1) is 11.8 Å². The van der Waals surface area contributed by atoms with Crippen molar-refractivity contribution in [1.29, 1.82) is 0 Å². The van der Waals surface area contributed by atoms with Crippen LogP contribution in [0, 0.1) is 5.82 Å². The third-order valence-electron chi connectivity index (χ3n) is 7.06. The summed E-state index contributed by atoms with van der Waals surface area (Å²) in [4.78, 5) is 15.1. The van der Waals surface area contributed by atoms with Gasteiger partial charge in [0.25, 0.3) is 5.91 Å². The lowest BCUT2D eigenvalue weighted by atomic mass is 10.1. The predicted octanol–water partition coefficient (Wildman–Crippen LogP) is 9.53. The molecule has 2 aromatic carbocycles. The highest BCUT2D eigenvalue weighted by molar-refractivity contribution is 8.02. The maximum absolute atomic E-state index is 14.7. The molecule has 6 heteroatoms. The number of benzene rings is 2. The second-order valence-corrected chi connectivity index (χ2v) is 11.1. The van der Waals surface area contributed by atoms with Gasteiger partial charge in [0, 0.05) is 23.5 Å². The average molecular weight is 541 g/mol. The number of halogens is 1. The summed E-state index contributed by atoms with van der Waals surface area (Å²) in [7, 11) is 0. The Balaban J connectivity index is 1.35. The number of carbonyl (C=O) groups excluding carboxylic acids is 1. The maximum Gasteiger partial charge on any atom is 0.255 e. The summed E-state index contributed by atoms with van der Waals surface area (Å²) < 4.78 is 20.3. The largest absolute Gasteiger partial charge is 0.491 e. The summed E-state index contributed by atoms with van der Waals surface area (Å²) in [5.74, 6) is 0.283. The van der Waals surface area contributed by atoms with Crippen molar-refractivity contribution in [3.8, 4) is 5.75 Å². The van der Waals surface area contributed by atoms with Crippen LogP contribution in [0.5, 0.6) is 5.75 Å². The van der Waals surface area contributed by atoms with Gasteiger partial charge in [0.15, 0.2) is 11.6 Å². The van der Waals surface area contributed by atoms with Gasteiger partial charge >= 0.3 is 0 Å². The fourth-order valence-corrected chi connectivity index (χ4v) is 5.60. The topological polar surface area (TPSA) is 41.6 Å². The number of nitrogens with zero attached hydrogens (tertiary/aromatic N) is 1. The van der Waals surface area contributed by atoms with Gasteiger partial charge in [0.2, 0.25) is 0 Å². The Bertz CT molecular complexity index is 1030. The normalized spacial score (nSPS) is 13.0. The number of anilines is 1. The molecule has 3 rings (SSSR count). The summed E-state index contributed by atoms with van der Waals surface area (Å²) in [5, 5.41) is 5.10. The zero-order chi connectivity index (χ0) is 27.0. The molecule has 0 saturated heterocycles. The zero-order valence-electron chi connectivity index (χ0n) is 23.3. The third kappa shape index (κ3) is 10.4. The van der Waals surface area contributed by atoms with E-state index in [1.165, 1.54) is 76.0 Å². The van der Waals surface area contributed by atoms with Crippen molar-refractivity contribution < 1.29 is 13.9 Å². The van der Waals surface area contributed by atoms with E-state index in [9.17, 15) is 9.18 Å². The summed E-state index contributed by atoms with van der Waals surface area (Å²) in [6, 6.07) is 12.2. The van der Waals surface area contributed by atoms with Crippen LogP contribution in [0.15, 0.2) is 53.6 Å². The molecule has 1 heterocycles. The Morgan fingerprint density at radius 2 is 1.61 bits per heavy atom. The van der Waals surface area contributed by atoms with Crippen LogP contribution in [0.3, 0.4) is 0 Å². The Labute approximate surface area is 233 Å². The summed E-state index contributed by atoms with van der Waals surface area (Å²) >= 11 is 1.77. The van der Waals surface area contributed by atoms with Crippen LogP contribution in [0.2, 0.25) is 0 Å². The third-order valence-corrected chi connectivity index (χ3v) is 8.03. The van der Waals surface area contributed by atoms with Crippen LogP contribution in [0.25, 0.3) is 0 Å². The minimum atomic E-state index is -0.500. The van der Waals surface area contributed by atoms with Gasteiger partial charge in [-0.1, -0.05) is 95.8 Å². The molecule has 0 aromatic heterocycles. The minimum Gasteiger partial charge on any atom is -0.491 e. The van der Waals surface area contributed by atoms with E-state index >= 15 is 0 Å². The molecule has 2 aromatic rings. The van der Waals surface area contributed by atoms with E-state index in [4.69, 9.17) is 4.74 Å². The number of thioether (sulfide) groups is 1. The number of hydrogen-bond donors (Lipinski definition) is 1. The molecule has 208 valence electrons. The summed E-state index contributed by atoms with van der Waals surface area (Å²) in [5.41, 5.74) is 3.27. The second-order valence-electron chi connectivity index (χ2n) is 10.2. The van der Waals surface area contributed by atoms with Crippen molar-refractivity contribution in [3.05, 3.63) is 70.5 Å². The first-order valence-electron chi connectivity index (χ1n) is 14.4. The average Bonchev–Trinajstić information content (AvgIpc) is 3.32. The molecule has 1 N–H and O–H groups in total. The van der Waals surface area contributed by atoms with Crippen LogP contribution >= 0.6 is 11.8 Å². The smallest absolute Gasteiger partial charge is 0.255 e. The highest BCUT2D eigenvalue weighted by Gasteiger charge is 2.16. The SMILES string of the molecule is CCCCCCCCCCCCCCOc1ccc(C(=O)Nc2ccccc2CN2CSC=C2C)cc1F. The van der Waals surface area contributed by atoms with E-state index in [-0.39, 0.29) is 17.2 Å². The van der Waals surface area contributed by atoms with Crippen LogP contribution in [0.1, 0.15) is 107 Å². The van der Waals surface area contributed by atoms with E-state index in [0.717, 1.165) is 30.0 Å².